The first-order chi connectivity index (χ1) is 14.1. The van der Waals surface area contributed by atoms with Gasteiger partial charge in [-0.1, -0.05) is 18.2 Å². The quantitative estimate of drug-likeness (QED) is 0.695. The summed E-state index contributed by atoms with van der Waals surface area (Å²) < 4.78 is 7.01. The van der Waals surface area contributed by atoms with Gasteiger partial charge in [0.05, 0.1) is 23.7 Å². The number of aromatic nitrogens is 2. The number of likely N-dealkylation sites (tertiary alicyclic amines) is 1. The average molecular weight is 394 g/mol. The number of furan rings is 1. The molecule has 0 unspecified atom stereocenters. The monoisotopic (exact) mass is 394 g/mol. The molecular formula is C22H26N4O3. The van der Waals surface area contributed by atoms with Gasteiger partial charge < -0.3 is 9.73 Å². The van der Waals surface area contributed by atoms with Crippen molar-refractivity contribution in [3.63, 3.8) is 0 Å². The standard InChI is InChI=1S/C22H26N4O3/c1-15(2)26-22(28)17-9-4-3-8-16(17)20(24-26)21(27)23-14-18(19-10-7-13-29-19)25-11-5-6-12-25/h3-4,7-10,13,15,18H,5-6,11-12,14H2,1-2H3,(H,23,27)/t18-/m1/s1. The number of rotatable bonds is 6. The zero-order valence-electron chi connectivity index (χ0n) is 16.8. The van der Waals surface area contributed by atoms with Crippen LogP contribution in [-0.2, 0) is 0 Å². The first-order valence-corrected chi connectivity index (χ1v) is 10.1. The van der Waals surface area contributed by atoms with Crippen LogP contribution in [0.25, 0.3) is 10.8 Å². The number of carbonyl (C=O) groups is 1. The number of nitrogens with one attached hydrogen (secondary N) is 1. The van der Waals surface area contributed by atoms with Gasteiger partial charge in [-0.2, -0.15) is 5.10 Å². The highest BCUT2D eigenvalue weighted by atomic mass is 16.3. The molecule has 0 aliphatic carbocycles. The Kier molecular flexibility index (Phi) is 5.49. The predicted octanol–water partition coefficient (Wildman–Crippen LogP) is 3.14. The molecule has 7 heteroatoms. The second-order valence-electron chi connectivity index (χ2n) is 7.72. The van der Waals surface area contributed by atoms with Gasteiger partial charge in [0.2, 0.25) is 0 Å². The summed E-state index contributed by atoms with van der Waals surface area (Å²) in [4.78, 5) is 28.1. The molecule has 0 saturated carbocycles. The molecule has 7 nitrogen and oxygen atoms in total. The summed E-state index contributed by atoms with van der Waals surface area (Å²) in [6.07, 6.45) is 3.96. The Morgan fingerprint density at radius 2 is 1.86 bits per heavy atom. The molecule has 4 rings (SSSR count). The summed E-state index contributed by atoms with van der Waals surface area (Å²) in [5.74, 6) is 0.559. The summed E-state index contributed by atoms with van der Waals surface area (Å²) in [5.41, 5.74) is 0.0891. The lowest BCUT2D eigenvalue weighted by atomic mass is 10.1. The number of hydrogen-bond acceptors (Lipinski definition) is 5. The smallest absolute Gasteiger partial charge is 0.274 e. The summed E-state index contributed by atoms with van der Waals surface area (Å²) in [6.45, 7) is 6.15. The minimum Gasteiger partial charge on any atom is -0.468 e. The molecule has 1 aliphatic rings. The van der Waals surface area contributed by atoms with Crippen molar-refractivity contribution >= 4 is 16.7 Å². The fourth-order valence-electron chi connectivity index (χ4n) is 3.94. The van der Waals surface area contributed by atoms with Crippen LogP contribution in [0.2, 0.25) is 0 Å². The SMILES string of the molecule is CC(C)n1nc(C(=O)NC[C@H](c2ccco2)N2CCCC2)c2ccccc2c1=O. The maximum absolute atomic E-state index is 13.1. The van der Waals surface area contributed by atoms with Gasteiger partial charge in [0.25, 0.3) is 11.5 Å². The number of amides is 1. The third-order valence-corrected chi connectivity index (χ3v) is 5.44. The van der Waals surface area contributed by atoms with Crippen LogP contribution in [0.4, 0.5) is 0 Å². The molecule has 152 valence electrons. The lowest BCUT2D eigenvalue weighted by Gasteiger charge is -2.26. The van der Waals surface area contributed by atoms with E-state index in [9.17, 15) is 9.59 Å². The Morgan fingerprint density at radius 3 is 2.52 bits per heavy atom. The molecule has 1 N–H and O–H groups in total. The number of nitrogens with zero attached hydrogens (tertiary/aromatic N) is 3. The van der Waals surface area contributed by atoms with Crippen LogP contribution in [0.5, 0.6) is 0 Å². The van der Waals surface area contributed by atoms with E-state index in [4.69, 9.17) is 4.42 Å². The second kappa shape index (κ2) is 8.21. The summed E-state index contributed by atoms with van der Waals surface area (Å²) in [7, 11) is 0. The molecule has 29 heavy (non-hydrogen) atoms. The van der Waals surface area contributed by atoms with Gasteiger partial charge in [-0.25, -0.2) is 4.68 Å². The van der Waals surface area contributed by atoms with Crippen LogP contribution in [-0.4, -0.2) is 40.2 Å². The van der Waals surface area contributed by atoms with Gasteiger partial charge >= 0.3 is 0 Å². The van der Waals surface area contributed by atoms with Gasteiger partial charge in [0, 0.05) is 11.9 Å². The molecule has 3 heterocycles. The van der Waals surface area contributed by atoms with Crippen molar-refractivity contribution in [2.45, 2.75) is 38.8 Å². The van der Waals surface area contributed by atoms with Crippen LogP contribution >= 0.6 is 0 Å². The van der Waals surface area contributed by atoms with Crippen LogP contribution in [0.3, 0.4) is 0 Å². The van der Waals surface area contributed by atoms with Crippen LogP contribution in [0.15, 0.2) is 51.9 Å². The zero-order valence-corrected chi connectivity index (χ0v) is 16.8. The number of benzene rings is 1. The van der Waals surface area contributed by atoms with E-state index in [0.717, 1.165) is 31.7 Å². The topological polar surface area (TPSA) is 80.4 Å². The molecular weight excluding hydrogens is 368 g/mol. The molecule has 0 radical (unpaired) electrons. The molecule has 2 aromatic heterocycles. The minimum atomic E-state index is -0.286. The molecule has 1 fully saturated rings. The van der Waals surface area contributed by atoms with Crippen molar-refractivity contribution in [3.8, 4) is 0 Å². The van der Waals surface area contributed by atoms with E-state index < -0.39 is 0 Å². The van der Waals surface area contributed by atoms with Crippen LogP contribution in [0, 0.1) is 0 Å². The van der Waals surface area contributed by atoms with Crippen molar-refractivity contribution in [2.75, 3.05) is 19.6 Å². The Labute approximate surface area is 169 Å². The highest BCUT2D eigenvalue weighted by Gasteiger charge is 2.27. The van der Waals surface area contributed by atoms with Gasteiger partial charge in [-0.05, 0) is 58.0 Å². The van der Waals surface area contributed by atoms with E-state index in [-0.39, 0.29) is 29.2 Å². The third-order valence-electron chi connectivity index (χ3n) is 5.44. The van der Waals surface area contributed by atoms with E-state index in [1.807, 2.05) is 32.0 Å². The fraction of sp³-hybridized carbons (Fsp3) is 0.409. The number of fused-ring (bicyclic) bond motifs is 1. The normalized spacial score (nSPS) is 15.8. The minimum absolute atomic E-state index is 0.0151. The van der Waals surface area contributed by atoms with E-state index in [0.29, 0.717) is 17.3 Å². The van der Waals surface area contributed by atoms with Crippen LogP contribution in [0.1, 0.15) is 55.0 Å². The number of hydrogen-bond donors (Lipinski definition) is 1. The molecule has 1 atom stereocenters. The van der Waals surface area contributed by atoms with E-state index in [1.54, 1.807) is 24.5 Å². The van der Waals surface area contributed by atoms with Gasteiger partial charge in [-0.3, -0.25) is 14.5 Å². The summed E-state index contributed by atoms with van der Waals surface area (Å²) >= 11 is 0. The Hall–Kier alpha value is -2.93. The average Bonchev–Trinajstić information content (AvgIpc) is 3.43. The third kappa shape index (κ3) is 3.82. The Morgan fingerprint density at radius 1 is 1.14 bits per heavy atom. The maximum Gasteiger partial charge on any atom is 0.274 e. The van der Waals surface area contributed by atoms with E-state index >= 15 is 0 Å². The largest absolute Gasteiger partial charge is 0.468 e. The van der Waals surface area contributed by atoms with E-state index in [1.165, 1.54) is 4.68 Å². The molecule has 1 saturated heterocycles. The predicted molar refractivity (Wildman–Crippen MR) is 111 cm³/mol. The zero-order chi connectivity index (χ0) is 20.4. The lowest BCUT2D eigenvalue weighted by Crippen LogP contribution is -2.38. The fourth-order valence-corrected chi connectivity index (χ4v) is 3.94. The molecule has 0 spiro atoms. The van der Waals surface area contributed by atoms with Gasteiger partial charge in [0.15, 0.2) is 5.69 Å². The van der Waals surface area contributed by atoms with Gasteiger partial charge in [-0.15, -0.1) is 0 Å². The first-order valence-electron chi connectivity index (χ1n) is 10.1. The van der Waals surface area contributed by atoms with Crippen molar-refractivity contribution < 1.29 is 9.21 Å². The molecule has 0 bridgehead atoms. The lowest BCUT2D eigenvalue weighted by molar-refractivity contribution is 0.0928. The molecule has 3 aromatic rings. The molecule has 1 amide bonds. The Balaban J connectivity index is 1.63. The van der Waals surface area contributed by atoms with Gasteiger partial charge in [0.1, 0.15) is 5.76 Å². The van der Waals surface area contributed by atoms with E-state index in [2.05, 4.69) is 15.3 Å². The second-order valence-corrected chi connectivity index (χ2v) is 7.72. The van der Waals surface area contributed by atoms with Crippen LogP contribution < -0.4 is 10.9 Å². The number of carbonyl (C=O) groups excluding carboxylic acids is 1. The maximum atomic E-state index is 13.1. The van der Waals surface area contributed by atoms with Crippen molar-refractivity contribution in [1.82, 2.24) is 20.0 Å². The Bertz CT molecular complexity index is 1050. The highest BCUT2D eigenvalue weighted by molar-refractivity contribution is 6.04. The van der Waals surface area contributed by atoms with Crippen molar-refractivity contribution in [2.24, 2.45) is 0 Å². The molecule has 1 aromatic carbocycles. The summed E-state index contributed by atoms with van der Waals surface area (Å²) in [5, 5.41) is 8.49. The van der Waals surface area contributed by atoms with Crippen molar-refractivity contribution in [3.05, 3.63) is 64.5 Å². The van der Waals surface area contributed by atoms with Crippen molar-refractivity contribution in [1.29, 1.82) is 0 Å². The summed E-state index contributed by atoms with van der Waals surface area (Å²) in [6, 6.07) is 10.8. The first kappa shape index (κ1) is 19.4. The highest BCUT2D eigenvalue weighted by Crippen LogP contribution is 2.25. The molecule has 1 aliphatic heterocycles.